The molecule has 6 nitrogen and oxygen atoms in total. The van der Waals surface area contributed by atoms with Gasteiger partial charge in [0.2, 0.25) is 5.88 Å². The van der Waals surface area contributed by atoms with Gasteiger partial charge in [-0.1, -0.05) is 12.1 Å². The Kier molecular flexibility index (Phi) is 4.02. The molecule has 0 radical (unpaired) electrons. The fourth-order valence-corrected chi connectivity index (χ4v) is 3.38. The molecule has 5 aromatic rings. The van der Waals surface area contributed by atoms with Crippen LogP contribution in [0.25, 0.3) is 21.8 Å². The van der Waals surface area contributed by atoms with E-state index < -0.39 is 0 Å². The topological polar surface area (TPSA) is 71.9 Å². The molecule has 29 heavy (non-hydrogen) atoms. The van der Waals surface area contributed by atoms with Crippen molar-refractivity contribution in [1.82, 2.24) is 14.5 Å². The van der Waals surface area contributed by atoms with Crippen LogP contribution in [0.15, 0.2) is 79.3 Å². The summed E-state index contributed by atoms with van der Waals surface area (Å²) in [5.74, 6) is 1.01. The van der Waals surface area contributed by atoms with Gasteiger partial charge in [0.05, 0.1) is 11.9 Å². The molecule has 0 fully saturated rings. The van der Waals surface area contributed by atoms with Crippen LogP contribution < -0.4 is 10.1 Å². The fraction of sp³-hybridized carbons (Fsp3) is 0.0435. The number of hydrogen-bond acceptors (Lipinski definition) is 3. The zero-order valence-electron chi connectivity index (χ0n) is 15.7. The Labute approximate surface area is 166 Å². The first-order valence-corrected chi connectivity index (χ1v) is 9.24. The molecule has 2 aromatic carbocycles. The van der Waals surface area contributed by atoms with Gasteiger partial charge in [-0.05, 0) is 47.9 Å². The minimum absolute atomic E-state index is 0.180. The van der Waals surface area contributed by atoms with Crippen LogP contribution in [-0.2, 0) is 7.05 Å². The van der Waals surface area contributed by atoms with Crippen LogP contribution in [0, 0.1) is 0 Å². The van der Waals surface area contributed by atoms with Crippen molar-refractivity contribution in [2.45, 2.75) is 0 Å². The highest BCUT2D eigenvalue weighted by Gasteiger charge is 2.10. The van der Waals surface area contributed by atoms with Crippen LogP contribution in [-0.4, -0.2) is 20.4 Å². The van der Waals surface area contributed by atoms with Crippen LogP contribution in [0.5, 0.6) is 11.6 Å². The first-order chi connectivity index (χ1) is 14.2. The maximum atomic E-state index is 12.6. The third-order valence-electron chi connectivity index (χ3n) is 4.91. The minimum atomic E-state index is -0.180. The Balaban J connectivity index is 1.32. The van der Waals surface area contributed by atoms with Crippen molar-refractivity contribution in [3.8, 4) is 11.6 Å². The molecule has 3 heterocycles. The highest BCUT2D eigenvalue weighted by Crippen LogP contribution is 2.28. The molecular formula is C23H18N4O2. The third kappa shape index (κ3) is 3.21. The summed E-state index contributed by atoms with van der Waals surface area (Å²) in [5.41, 5.74) is 3.22. The van der Waals surface area contributed by atoms with Gasteiger partial charge in [0.15, 0.2) is 0 Å². The summed E-state index contributed by atoms with van der Waals surface area (Å²) in [6, 6.07) is 18.9. The maximum absolute atomic E-state index is 12.6. The Morgan fingerprint density at radius 3 is 2.90 bits per heavy atom. The van der Waals surface area contributed by atoms with E-state index in [9.17, 15) is 4.79 Å². The molecule has 0 unspecified atom stereocenters. The number of pyridine rings is 1. The van der Waals surface area contributed by atoms with Crippen molar-refractivity contribution in [3.05, 3.63) is 84.8 Å². The lowest BCUT2D eigenvalue weighted by molar-refractivity contribution is 0.102. The molecule has 5 rings (SSSR count). The molecule has 142 valence electrons. The Bertz CT molecular complexity index is 1330. The second-order valence-electron chi connectivity index (χ2n) is 6.84. The molecule has 0 aliphatic carbocycles. The van der Waals surface area contributed by atoms with E-state index in [1.807, 2.05) is 72.5 Å². The molecule has 0 aliphatic heterocycles. The summed E-state index contributed by atoms with van der Waals surface area (Å²) in [6.07, 6.45) is 5.44. The number of carbonyl (C=O) groups is 1. The number of aromatic amines is 1. The van der Waals surface area contributed by atoms with E-state index in [4.69, 9.17) is 4.74 Å². The highest BCUT2D eigenvalue weighted by molar-refractivity contribution is 6.06. The molecule has 6 heteroatoms. The lowest BCUT2D eigenvalue weighted by atomic mass is 10.1. The number of nitrogens with zero attached hydrogens (tertiary/aromatic N) is 2. The molecule has 0 atom stereocenters. The van der Waals surface area contributed by atoms with Crippen LogP contribution in [0.3, 0.4) is 0 Å². The van der Waals surface area contributed by atoms with Gasteiger partial charge in [0.25, 0.3) is 5.91 Å². The normalized spacial score (nSPS) is 11.1. The van der Waals surface area contributed by atoms with E-state index in [0.29, 0.717) is 17.1 Å². The van der Waals surface area contributed by atoms with Crippen molar-refractivity contribution in [2.75, 3.05) is 5.32 Å². The van der Waals surface area contributed by atoms with E-state index in [2.05, 4.69) is 15.3 Å². The van der Waals surface area contributed by atoms with Crippen LogP contribution in [0.2, 0.25) is 0 Å². The number of amides is 1. The Morgan fingerprint density at radius 1 is 1.10 bits per heavy atom. The molecule has 3 aromatic heterocycles. The molecule has 0 saturated heterocycles. The predicted octanol–water partition coefficient (Wildman–Crippen LogP) is 5.10. The van der Waals surface area contributed by atoms with Crippen LogP contribution in [0.1, 0.15) is 10.4 Å². The van der Waals surface area contributed by atoms with Crippen molar-refractivity contribution < 1.29 is 9.53 Å². The van der Waals surface area contributed by atoms with Gasteiger partial charge in [0.1, 0.15) is 5.75 Å². The number of aryl methyl sites for hydroxylation is 1. The molecule has 0 saturated carbocycles. The summed E-state index contributed by atoms with van der Waals surface area (Å²) in [6.45, 7) is 0. The van der Waals surface area contributed by atoms with E-state index in [0.717, 1.165) is 27.6 Å². The SMILES string of the molecule is Cn1ccc2ccc(C(=O)Nc3ccc(Oc4cccc5[nH]ccc45)nc3)cc21. The number of nitrogens with one attached hydrogen (secondary N) is 2. The lowest BCUT2D eigenvalue weighted by Gasteiger charge is -2.08. The monoisotopic (exact) mass is 382 g/mol. The Morgan fingerprint density at radius 2 is 2.03 bits per heavy atom. The van der Waals surface area contributed by atoms with Crippen molar-refractivity contribution in [1.29, 1.82) is 0 Å². The number of anilines is 1. The molecule has 0 spiro atoms. The van der Waals surface area contributed by atoms with Crippen molar-refractivity contribution >= 4 is 33.4 Å². The molecule has 2 N–H and O–H groups in total. The van der Waals surface area contributed by atoms with Crippen molar-refractivity contribution in [2.24, 2.45) is 7.05 Å². The predicted molar refractivity (Wildman–Crippen MR) is 113 cm³/mol. The lowest BCUT2D eigenvalue weighted by Crippen LogP contribution is -2.12. The number of aromatic nitrogens is 3. The zero-order valence-corrected chi connectivity index (χ0v) is 15.7. The highest BCUT2D eigenvalue weighted by atomic mass is 16.5. The summed E-state index contributed by atoms with van der Waals surface area (Å²) in [4.78, 5) is 20.1. The number of hydrogen-bond donors (Lipinski definition) is 2. The number of carbonyl (C=O) groups excluding carboxylic acids is 1. The molecule has 0 bridgehead atoms. The average molecular weight is 382 g/mol. The van der Waals surface area contributed by atoms with Crippen LogP contribution in [0.4, 0.5) is 5.69 Å². The first kappa shape index (κ1) is 17.1. The minimum Gasteiger partial charge on any atom is -0.438 e. The first-order valence-electron chi connectivity index (χ1n) is 9.24. The van der Waals surface area contributed by atoms with E-state index in [-0.39, 0.29) is 5.91 Å². The maximum Gasteiger partial charge on any atom is 0.255 e. The second-order valence-corrected chi connectivity index (χ2v) is 6.84. The van der Waals surface area contributed by atoms with E-state index in [1.54, 1.807) is 18.3 Å². The number of rotatable bonds is 4. The average Bonchev–Trinajstić information content (AvgIpc) is 3.37. The van der Waals surface area contributed by atoms with Gasteiger partial charge >= 0.3 is 0 Å². The van der Waals surface area contributed by atoms with Gasteiger partial charge < -0.3 is 19.6 Å². The van der Waals surface area contributed by atoms with E-state index in [1.165, 1.54) is 0 Å². The smallest absolute Gasteiger partial charge is 0.255 e. The Hall–Kier alpha value is -4.06. The zero-order chi connectivity index (χ0) is 19.8. The second kappa shape index (κ2) is 6.83. The van der Waals surface area contributed by atoms with Crippen molar-refractivity contribution in [3.63, 3.8) is 0 Å². The van der Waals surface area contributed by atoms with Crippen LogP contribution >= 0.6 is 0 Å². The summed E-state index contributed by atoms with van der Waals surface area (Å²) in [5, 5.41) is 4.97. The molecule has 1 amide bonds. The number of H-pyrrole nitrogens is 1. The molecule has 0 aliphatic rings. The van der Waals surface area contributed by atoms with Gasteiger partial charge in [0, 0.05) is 47.5 Å². The van der Waals surface area contributed by atoms with Gasteiger partial charge in [-0.25, -0.2) is 4.98 Å². The number of benzene rings is 2. The molecular weight excluding hydrogens is 364 g/mol. The fourth-order valence-electron chi connectivity index (χ4n) is 3.38. The number of ether oxygens (including phenoxy) is 1. The third-order valence-corrected chi connectivity index (χ3v) is 4.91. The summed E-state index contributed by atoms with van der Waals surface area (Å²) < 4.78 is 7.89. The van der Waals surface area contributed by atoms with Gasteiger partial charge in [-0.15, -0.1) is 0 Å². The number of fused-ring (bicyclic) bond motifs is 2. The van der Waals surface area contributed by atoms with E-state index >= 15 is 0 Å². The summed E-state index contributed by atoms with van der Waals surface area (Å²) in [7, 11) is 1.96. The van der Waals surface area contributed by atoms with Gasteiger partial charge in [-0.3, -0.25) is 4.79 Å². The summed E-state index contributed by atoms with van der Waals surface area (Å²) >= 11 is 0. The quantitative estimate of drug-likeness (QED) is 0.454. The standard InChI is InChI=1S/C23H18N4O2/c1-27-12-10-15-5-6-16(13-20(15)27)23(28)26-17-7-8-22(25-14-17)29-21-4-2-3-19-18(21)9-11-24-19/h2-14,24H,1H3,(H,26,28). The largest absolute Gasteiger partial charge is 0.438 e. The van der Waals surface area contributed by atoms with Gasteiger partial charge in [-0.2, -0.15) is 0 Å².